The molecule has 0 saturated carbocycles. The van der Waals surface area contributed by atoms with Gasteiger partial charge in [-0.25, -0.2) is 0 Å². The Morgan fingerprint density at radius 2 is 1.44 bits per heavy atom. The van der Waals surface area contributed by atoms with Crippen molar-refractivity contribution in [3.05, 3.63) is 28.8 Å². The van der Waals surface area contributed by atoms with E-state index in [9.17, 15) is 18.0 Å². The monoisotopic (exact) mass is 405 g/mol. The fourth-order valence-corrected chi connectivity index (χ4v) is 3.12. The Bertz CT molecular complexity index is 561. The Morgan fingerprint density at radius 3 is 1.96 bits per heavy atom. The van der Waals surface area contributed by atoms with E-state index >= 15 is 0 Å². The quantitative estimate of drug-likeness (QED) is 0.331. The van der Waals surface area contributed by atoms with Crippen LogP contribution in [0.5, 0.6) is 0 Å². The molecule has 0 heterocycles. The van der Waals surface area contributed by atoms with Crippen molar-refractivity contribution in [2.75, 3.05) is 5.32 Å². The van der Waals surface area contributed by atoms with E-state index in [0.29, 0.717) is 6.42 Å². The van der Waals surface area contributed by atoms with Crippen LogP contribution in [0.15, 0.2) is 18.2 Å². The molecule has 1 aromatic carbocycles. The molecule has 1 aromatic rings. The predicted molar refractivity (Wildman–Crippen MR) is 106 cm³/mol. The second-order valence-electron chi connectivity index (χ2n) is 7.03. The van der Waals surface area contributed by atoms with Crippen molar-refractivity contribution in [1.82, 2.24) is 0 Å². The van der Waals surface area contributed by atoms with E-state index in [4.69, 9.17) is 11.6 Å². The lowest BCUT2D eigenvalue weighted by atomic mass is 10.1. The largest absolute Gasteiger partial charge is 0.416 e. The van der Waals surface area contributed by atoms with Crippen LogP contribution in [0.2, 0.25) is 5.02 Å². The minimum absolute atomic E-state index is 0.0135. The zero-order valence-corrected chi connectivity index (χ0v) is 16.9. The minimum atomic E-state index is -4.46. The van der Waals surface area contributed by atoms with Gasteiger partial charge in [-0.05, 0) is 24.6 Å². The molecule has 1 rings (SSSR count). The molecule has 27 heavy (non-hydrogen) atoms. The standard InChI is InChI=1S/C21H31ClF3NO/c1-2-3-4-5-6-7-8-9-10-11-12-13-20(27)26-19-16-17(21(23,24)25)14-15-18(19)22/h14-16H,2-13H2,1H3,(H,26,27). The molecule has 0 fully saturated rings. The van der Waals surface area contributed by atoms with E-state index in [1.165, 1.54) is 51.4 Å². The first-order valence-corrected chi connectivity index (χ1v) is 10.4. The number of carbonyl (C=O) groups is 1. The summed E-state index contributed by atoms with van der Waals surface area (Å²) in [6.45, 7) is 2.22. The molecule has 6 heteroatoms. The van der Waals surface area contributed by atoms with Crippen LogP contribution in [-0.4, -0.2) is 5.91 Å². The molecule has 2 nitrogen and oxygen atoms in total. The molecular formula is C21H31ClF3NO. The first-order chi connectivity index (χ1) is 12.8. The van der Waals surface area contributed by atoms with Gasteiger partial charge in [0, 0.05) is 6.42 Å². The number of halogens is 4. The average molecular weight is 406 g/mol. The van der Waals surface area contributed by atoms with E-state index < -0.39 is 11.7 Å². The van der Waals surface area contributed by atoms with Crippen LogP contribution in [0, 0.1) is 0 Å². The maximum Gasteiger partial charge on any atom is 0.416 e. The lowest BCUT2D eigenvalue weighted by molar-refractivity contribution is -0.137. The van der Waals surface area contributed by atoms with E-state index in [0.717, 1.165) is 37.5 Å². The number of anilines is 1. The van der Waals surface area contributed by atoms with E-state index in [-0.39, 0.29) is 16.6 Å². The van der Waals surface area contributed by atoms with Crippen LogP contribution >= 0.6 is 11.6 Å². The number of hydrogen-bond donors (Lipinski definition) is 1. The van der Waals surface area contributed by atoms with Gasteiger partial charge in [-0.1, -0.05) is 82.7 Å². The number of unbranched alkanes of at least 4 members (excludes halogenated alkanes) is 10. The smallest absolute Gasteiger partial charge is 0.325 e. The summed E-state index contributed by atoms with van der Waals surface area (Å²) in [6.07, 6.45) is 8.87. The van der Waals surface area contributed by atoms with Crippen LogP contribution < -0.4 is 5.32 Å². The second kappa shape index (κ2) is 13.0. The van der Waals surface area contributed by atoms with Crippen LogP contribution in [0.25, 0.3) is 0 Å². The molecule has 1 amide bonds. The third-order valence-corrected chi connectivity index (χ3v) is 4.90. The van der Waals surface area contributed by atoms with Crippen molar-refractivity contribution >= 4 is 23.2 Å². The fourth-order valence-electron chi connectivity index (χ4n) is 2.96. The van der Waals surface area contributed by atoms with Crippen molar-refractivity contribution < 1.29 is 18.0 Å². The normalized spacial score (nSPS) is 11.6. The Morgan fingerprint density at radius 1 is 0.926 bits per heavy atom. The van der Waals surface area contributed by atoms with Crippen molar-refractivity contribution in [3.8, 4) is 0 Å². The SMILES string of the molecule is CCCCCCCCCCCCCC(=O)Nc1cc(C(F)(F)F)ccc1Cl. The minimum Gasteiger partial charge on any atom is -0.325 e. The summed E-state index contributed by atoms with van der Waals surface area (Å²) >= 11 is 5.88. The van der Waals surface area contributed by atoms with Gasteiger partial charge in [0.1, 0.15) is 0 Å². The van der Waals surface area contributed by atoms with Gasteiger partial charge in [-0.3, -0.25) is 4.79 Å². The first-order valence-electron chi connectivity index (χ1n) is 10.0. The number of hydrogen-bond acceptors (Lipinski definition) is 1. The van der Waals surface area contributed by atoms with Gasteiger partial charge in [0.05, 0.1) is 16.3 Å². The molecule has 0 radical (unpaired) electrons. The van der Waals surface area contributed by atoms with Crippen molar-refractivity contribution in [2.24, 2.45) is 0 Å². The molecule has 0 unspecified atom stereocenters. The maximum absolute atomic E-state index is 12.7. The highest BCUT2D eigenvalue weighted by molar-refractivity contribution is 6.33. The predicted octanol–water partition coefficient (Wildman–Crippen LogP) is 8.00. The van der Waals surface area contributed by atoms with Gasteiger partial charge in [-0.15, -0.1) is 0 Å². The van der Waals surface area contributed by atoms with Gasteiger partial charge in [-0.2, -0.15) is 13.2 Å². The van der Waals surface area contributed by atoms with Gasteiger partial charge >= 0.3 is 6.18 Å². The molecule has 0 spiro atoms. The molecule has 0 saturated heterocycles. The van der Waals surface area contributed by atoms with E-state index in [2.05, 4.69) is 12.2 Å². The zero-order valence-electron chi connectivity index (χ0n) is 16.1. The average Bonchev–Trinajstić information content (AvgIpc) is 2.60. The number of carbonyl (C=O) groups excluding carboxylic acids is 1. The van der Waals surface area contributed by atoms with Crippen LogP contribution in [-0.2, 0) is 11.0 Å². The molecule has 0 aliphatic carbocycles. The Hall–Kier alpha value is -1.23. The van der Waals surface area contributed by atoms with E-state index in [1.54, 1.807) is 0 Å². The summed E-state index contributed by atoms with van der Waals surface area (Å²) in [5, 5.41) is 2.59. The Balaban J connectivity index is 2.16. The number of alkyl halides is 3. The summed E-state index contributed by atoms with van der Waals surface area (Å²) in [5.74, 6) is -0.299. The lowest BCUT2D eigenvalue weighted by Gasteiger charge is -2.11. The van der Waals surface area contributed by atoms with Gasteiger partial charge in [0.15, 0.2) is 0 Å². The van der Waals surface area contributed by atoms with E-state index in [1.807, 2.05) is 0 Å². The third kappa shape index (κ3) is 10.6. The van der Waals surface area contributed by atoms with Crippen LogP contribution in [0.3, 0.4) is 0 Å². The van der Waals surface area contributed by atoms with Gasteiger partial charge < -0.3 is 5.32 Å². The highest BCUT2D eigenvalue weighted by Crippen LogP contribution is 2.33. The first kappa shape index (κ1) is 23.8. The van der Waals surface area contributed by atoms with Crippen LogP contribution in [0.4, 0.5) is 18.9 Å². The zero-order chi connectivity index (χ0) is 20.1. The number of amides is 1. The topological polar surface area (TPSA) is 29.1 Å². The maximum atomic E-state index is 12.7. The fraction of sp³-hybridized carbons (Fsp3) is 0.667. The number of rotatable bonds is 13. The number of benzene rings is 1. The molecule has 0 atom stereocenters. The third-order valence-electron chi connectivity index (χ3n) is 4.58. The molecule has 0 aliphatic rings. The molecule has 1 N–H and O–H groups in total. The van der Waals surface area contributed by atoms with Crippen LogP contribution in [0.1, 0.15) is 89.5 Å². The molecule has 0 bridgehead atoms. The van der Waals surface area contributed by atoms with Crippen molar-refractivity contribution in [3.63, 3.8) is 0 Å². The second-order valence-corrected chi connectivity index (χ2v) is 7.43. The Kier molecular flexibility index (Phi) is 11.5. The van der Waals surface area contributed by atoms with Gasteiger partial charge in [0.25, 0.3) is 0 Å². The van der Waals surface area contributed by atoms with Crippen molar-refractivity contribution in [1.29, 1.82) is 0 Å². The van der Waals surface area contributed by atoms with Gasteiger partial charge in [0.2, 0.25) is 5.91 Å². The molecule has 0 aromatic heterocycles. The number of nitrogens with one attached hydrogen (secondary N) is 1. The molecule has 154 valence electrons. The summed E-state index contributed by atoms with van der Waals surface area (Å²) in [4.78, 5) is 11.9. The highest BCUT2D eigenvalue weighted by Gasteiger charge is 2.31. The highest BCUT2D eigenvalue weighted by atomic mass is 35.5. The summed E-state index contributed by atoms with van der Waals surface area (Å²) in [5.41, 5.74) is -0.809. The molecular weight excluding hydrogens is 375 g/mol. The molecule has 0 aliphatic heterocycles. The summed E-state index contributed by atoms with van der Waals surface area (Å²) in [7, 11) is 0. The Labute approximate surface area is 165 Å². The summed E-state index contributed by atoms with van der Waals surface area (Å²) in [6, 6.07) is 2.94. The lowest BCUT2D eigenvalue weighted by Crippen LogP contribution is -2.13. The van der Waals surface area contributed by atoms with Crippen molar-refractivity contribution in [2.45, 2.75) is 90.1 Å². The summed E-state index contributed by atoms with van der Waals surface area (Å²) < 4.78 is 38.2.